The Morgan fingerprint density at radius 2 is 2.10 bits per heavy atom. The highest BCUT2D eigenvalue weighted by Crippen LogP contribution is 2.31. The highest BCUT2D eigenvalue weighted by Gasteiger charge is 2.28. The Balaban J connectivity index is 2.17. The number of nitrogens with one attached hydrogen (secondary N) is 1. The first-order valence-corrected chi connectivity index (χ1v) is 9.02. The third-order valence-electron chi connectivity index (χ3n) is 3.71. The number of carbonyl (C=O) groups is 1. The van der Waals surface area contributed by atoms with Gasteiger partial charge in [0.2, 0.25) is 10.0 Å². The van der Waals surface area contributed by atoms with Gasteiger partial charge in [-0.1, -0.05) is 13.3 Å². The van der Waals surface area contributed by atoms with E-state index in [1.54, 1.807) is 19.1 Å². The molecule has 0 aliphatic carbocycles. The van der Waals surface area contributed by atoms with Crippen molar-refractivity contribution < 1.29 is 13.2 Å². The summed E-state index contributed by atoms with van der Waals surface area (Å²) in [7, 11) is -3.23. The molecule has 0 saturated heterocycles. The van der Waals surface area contributed by atoms with Crippen molar-refractivity contribution in [3.8, 4) is 0 Å². The van der Waals surface area contributed by atoms with Gasteiger partial charge in [0.15, 0.2) is 0 Å². The zero-order valence-electron chi connectivity index (χ0n) is 12.6. The molecular weight excluding hydrogens is 288 g/mol. The molecule has 1 aromatic rings. The first-order valence-electron chi connectivity index (χ1n) is 7.41. The molecule has 1 amide bonds. The van der Waals surface area contributed by atoms with Gasteiger partial charge in [-0.3, -0.25) is 9.10 Å². The number of benzene rings is 1. The van der Waals surface area contributed by atoms with Gasteiger partial charge in [0, 0.05) is 18.7 Å². The second-order valence-corrected chi connectivity index (χ2v) is 7.36. The number of carbonyl (C=O) groups excluding carboxylic acids is 1. The maximum atomic E-state index is 12.0. The van der Waals surface area contributed by atoms with Crippen LogP contribution in [0.2, 0.25) is 0 Å². The topological polar surface area (TPSA) is 66.5 Å². The van der Waals surface area contributed by atoms with Crippen LogP contribution in [0.25, 0.3) is 0 Å². The summed E-state index contributed by atoms with van der Waals surface area (Å²) in [6, 6.07) is 5.25. The summed E-state index contributed by atoms with van der Waals surface area (Å²) in [5, 5.41) is 2.87. The molecular formula is C15H22N2O3S. The van der Waals surface area contributed by atoms with Crippen LogP contribution >= 0.6 is 0 Å². The van der Waals surface area contributed by atoms with E-state index in [1.807, 2.05) is 6.07 Å². The summed E-state index contributed by atoms with van der Waals surface area (Å²) in [5.41, 5.74) is 2.23. The highest BCUT2D eigenvalue weighted by atomic mass is 32.2. The first-order chi connectivity index (χ1) is 9.99. The van der Waals surface area contributed by atoms with E-state index in [1.165, 1.54) is 4.31 Å². The fourth-order valence-corrected chi connectivity index (χ4v) is 3.60. The molecule has 0 radical (unpaired) electrons. The zero-order chi connectivity index (χ0) is 15.5. The van der Waals surface area contributed by atoms with E-state index in [2.05, 4.69) is 12.2 Å². The Morgan fingerprint density at radius 1 is 1.33 bits per heavy atom. The van der Waals surface area contributed by atoms with Crippen LogP contribution in [-0.4, -0.2) is 33.2 Å². The Bertz CT molecular complexity index is 626. The second kappa shape index (κ2) is 6.47. The number of sulfonamides is 1. The third-order valence-corrected chi connectivity index (χ3v) is 5.49. The summed E-state index contributed by atoms with van der Waals surface area (Å²) < 4.78 is 25.5. The lowest BCUT2D eigenvalue weighted by Crippen LogP contribution is -2.30. The van der Waals surface area contributed by atoms with Crippen LogP contribution in [0.3, 0.4) is 0 Å². The Morgan fingerprint density at radius 3 is 2.76 bits per heavy atom. The van der Waals surface area contributed by atoms with Crippen LogP contribution in [-0.2, 0) is 16.4 Å². The predicted octanol–water partition coefficient (Wildman–Crippen LogP) is 1.93. The van der Waals surface area contributed by atoms with Gasteiger partial charge in [-0.2, -0.15) is 0 Å². The van der Waals surface area contributed by atoms with Gasteiger partial charge in [-0.25, -0.2) is 8.42 Å². The lowest BCUT2D eigenvalue weighted by molar-refractivity contribution is 0.0953. The zero-order valence-corrected chi connectivity index (χ0v) is 13.4. The molecule has 2 rings (SSSR count). The van der Waals surface area contributed by atoms with Crippen LogP contribution in [0.5, 0.6) is 0 Å². The van der Waals surface area contributed by atoms with Crippen molar-refractivity contribution in [2.45, 2.75) is 33.1 Å². The van der Waals surface area contributed by atoms with Crippen LogP contribution in [0.1, 0.15) is 42.6 Å². The standard InChI is InChI=1S/C15H22N2O3S/c1-3-5-9-16-15(18)13-6-7-14-12(11-13)8-10-17(14)21(19,20)4-2/h6-7,11H,3-5,8-10H2,1-2H3,(H,16,18). The molecule has 6 heteroatoms. The van der Waals surface area contributed by atoms with E-state index in [0.29, 0.717) is 30.8 Å². The van der Waals surface area contributed by atoms with Gasteiger partial charge in [-0.05, 0) is 43.5 Å². The SMILES string of the molecule is CCCCNC(=O)c1ccc2c(c1)CCN2S(=O)(=O)CC. The van der Waals surface area contributed by atoms with E-state index in [9.17, 15) is 13.2 Å². The normalized spacial score (nSPS) is 14.1. The molecule has 1 aromatic carbocycles. The molecule has 1 aliphatic heterocycles. The maximum Gasteiger partial charge on any atom is 0.251 e. The number of rotatable bonds is 6. The summed E-state index contributed by atoms with van der Waals surface area (Å²) in [4.78, 5) is 12.0. The highest BCUT2D eigenvalue weighted by molar-refractivity contribution is 7.92. The minimum Gasteiger partial charge on any atom is -0.352 e. The quantitative estimate of drug-likeness (QED) is 0.816. The van der Waals surface area contributed by atoms with Crippen molar-refractivity contribution in [3.63, 3.8) is 0 Å². The van der Waals surface area contributed by atoms with Gasteiger partial charge < -0.3 is 5.32 Å². The van der Waals surface area contributed by atoms with Crippen molar-refractivity contribution in [1.29, 1.82) is 0 Å². The molecule has 0 saturated carbocycles. The lowest BCUT2D eigenvalue weighted by atomic mass is 10.1. The number of unbranched alkanes of at least 4 members (excludes halogenated alkanes) is 1. The van der Waals surface area contributed by atoms with Gasteiger partial charge in [0.1, 0.15) is 0 Å². The van der Waals surface area contributed by atoms with E-state index >= 15 is 0 Å². The van der Waals surface area contributed by atoms with Crippen molar-refractivity contribution in [3.05, 3.63) is 29.3 Å². The average molecular weight is 310 g/mol. The summed E-state index contributed by atoms with van der Waals surface area (Å²) in [6.45, 7) is 4.85. The molecule has 0 unspecified atom stereocenters. The number of fused-ring (bicyclic) bond motifs is 1. The van der Waals surface area contributed by atoms with Crippen molar-refractivity contribution in [2.75, 3.05) is 23.1 Å². The fraction of sp³-hybridized carbons (Fsp3) is 0.533. The largest absolute Gasteiger partial charge is 0.352 e. The first kappa shape index (κ1) is 15.8. The molecule has 1 heterocycles. The van der Waals surface area contributed by atoms with Gasteiger partial charge >= 0.3 is 0 Å². The number of anilines is 1. The number of nitrogens with zero attached hydrogens (tertiary/aromatic N) is 1. The molecule has 0 spiro atoms. The molecule has 5 nitrogen and oxygen atoms in total. The van der Waals surface area contributed by atoms with Crippen LogP contribution in [0.15, 0.2) is 18.2 Å². The molecule has 0 bridgehead atoms. The Kier molecular flexibility index (Phi) is 4.88. The minimum atomic E-state index is -3.23. The fourth-order valence-electron chi connectivity index (χ4n) is 2.44. The van der Waals surface area contributed by atoms with E-state index < -0.39 is 10.0 Å². The lowest BCUT2D eigenvalue weighted by Gasteiger charge is -2.18. The number of hydrogen-bond acceptors (Lipinski definition) is 3. The van der Waals surface area contributed by atoms with E-state index in [4.69, 9.17) is 0 Å². The van der Waals surface area contributed by atoms with Crippen molar-refractivity contribution in [2.24, 2.45) is 0 Å². The van der Waals surface area contributed by atoms with Gasteiger partial charge in [-0.15, -0.1) is 0 Å². The average Bonchev–Trinajstić information content (AvgIpc) is 2.91. The third kappa shape index (κ3) is 3.37. The number of amides is 1. The van der Waals surface area contributed by atoms with E-state index in [0.717, 1.165) is 18.4 Å². The molecule has 0 fully saturated rings. The predicted molar refractivity (Wildman–Crippen MR) is 84.2 cm³/mol. The smallest absolute Gasteiger partial charge is 0.251 e. The molecule has 21 heavy (non-hydrogen) atoms. The van der Waals surface area contributed by atoms with Crippen LogP contribution < -0.4 is 9.62 Å². The minimum absolute atomic E-state index is 0.0890. The van der Waals surface area contributed by atoms with Crippen molar-refractivity contribution in [1.82, 2.24) is 5.32 Å². The maximum absolute atomic E-state index is 12.0. The molecule has 116 valence electrons. The van der Waals surface area contributed by atoms with Crippen LogP contribution in [0, 0.1) is 0 Å². The summed E-state index contributed by atoms with van der Waals surface area (Å²) in [5.74, 6) is -0.00542. The molecule has 0 atom stereocenters. The summed E-state index contributed by atoms with van der Waals surface area (Å²) >= 11 is 0. The Labute approximate surface area is 126 Å². The van der Waals surface area contributed by atoms with E-state index in [-0.39, 0.29) is 11.7 Å². The van der Waals surface area contributed by atoms with Crippen LogP contribution in [0.4, 0.5) is 5.69 Å². The number of hydrogen-bond donors (Lipinski definition) is 1. The molecule has 0 aromatic heterocycles. The molecule has 1 N–H and O–H groups in total. The Hall–Kier alpha value is -1.56. The summed E-state index contributed by atoms with van der Waals surface area (Å²) in [6.07, 6.45) is 2.65. The van der Waals surface area contributed by atoms with Crippen molar-refractivity contribution >= 4 is 21.6 Å². The second-order valence-electron chi connectivity index (χ2n) is 5.18. The van der Waals surface area contributed by atoms with Gasteiger partial charge in [0.25, 0.3) is 5.91 Å². The monoisotopic (exact) mass is 310 g/mol. The molecule has 1 aliphatic rings. The van der Waals surface area contributed by atoms with Gasteiger partial charge in [0.05, 0.1) is 11.4 Å².